The van der Waals surface area contributed by atoms with E-state index >= 15 is 0 Å². The second kappa shape index (κ2) is 5.54. The molecule has 3 heteroatoms. The van der Waals surface area contributed by atoms with Crippen LogP contribution in [0.1, 0.15) is 27.0 Å². The van der Waals surface area contributed by atoms with E-state index in [4.69, 9.17) is 11.6 Å². The highest BCUT2D eigenvalue weighted by molar-refractivity contribution is 6.31. The van der Waals surface area contributed by atoms with Gasteiger partial charge in [0.1, 0.15) is 5.82 Å². The smallest absolute Gasteiger partial charge is 0.167 e. The third-order valence-corrected chi connectivity index (χ3v) is 3.44. The Bertz CT molecular complexity index is 614. The summed E-state index contributed by atoms with van der Waals surface area (Å²) in [6.45, 7) is 3.85. The Balaban J connectivity index is 2.31. The first-order valence-corrected chi connectivity index (χ1v) is 6.40. The number of hydrogen-bond acceptors (Lipinski definition) is 1. The summed E-state index contributed by atoms with van der Waals surface area (Å²) in [4.78, 5) is 12.2. The van der Waals surface area contributed by atoms with Gasteiger partial charge in [-0.1, -0.05) is 41.4 Å². The van der Waals surface area contributed by atoms with E-state index in [0.29, 0.717) is 5.56 Å². The van der Waals surface area contributed by atoms with Gasteiger partial charge in [0.05, 0.1) is 0 Å². The van der Waals surface area contributed by atoms with Crippen molar-refractivity contribution in [2.75, 3.05) is 0 Å². The molecule has 0 aromatic heterocycles. The number of halogens is 2. The van der Waals surface area contributed by atoms with Crippen LogP contribution < -0.4 is 0 Å². The van der Waals surface area contributed by atoms with Gasteiger partial charge in [0, 0.05) is 22.6 Å². The zero-order valence-corrected chi connectivity index (χ0v) is 11.6. The van der Waals surface area contributed by atoms with Crippen molar-refractivity contribution in [2.45, 2.75) is 20.3 Å². The van der Waals surface area contributed by atoms with Crippen molar-refractivity contribution >= 4 is 17.4 Å². The Morgan fingerprint density at radius 1 is 1.21 bits per heavy atom. The summed E-state index contributed by atoms with van der Waals surface area (Å²) in [5.74, 6) is -0.560. The molecule has 1 nitrogen and oxygen atoms in total. The zero-order valence-electron chi connectivity index (χ0n) is 10.8. The van der Waals surface area contributed by atoms with Crippen LogP contribution in [0, 0.1) is 19.7 Å². The molecule has 98 valence electrons. The molecule has 0 saturated heterocycles. The summed E-state index contributed by atoms with van der Waals surface area (Å²) in [7, 11) is 0. The van der Waals surface area contributed by atoms with E-state index in [9.17, 15) is 9.18 Å². The van der Waals surface area contributed by atoms with E-state index in [1.165, 1.54) is 12.1 Å². The second-order valence-corrected chi connectivity index (χ2v) is 5.03. The molecule has 0 atom stereocenters. The van der Waals surface area contributed by atoms with Crippen LogP contribution >= 0.6 is 11.6 Å². The molecule has 2 aromatic rings. The number of aryl methyl sites for hydroxylation is 2. The number of benzene rings is 2. The average molecular weight is 277 g/mol. The summed E-state index contributed by atoms with van der Waals surface area (Å²) >= 11 is 5.93. The molecule has 0 radical (unpaired) electrons. The summed E-state index contributed by atoms with van der Waals surface area (Å²) in [6.07, 6.45) is -0.0184. The Labute approximate surface area is 117 Å². The SMILES string of the molecule is Cc1ccc(C(=O)Cc2c(F)cccc2Cl)c(C)c1. The van der Waals surface area contributed by atoms with E-state index in [-0.39, 0.29) is 22.8 Å². The van der Waals surface area contributed by atoms with Crippen molar-refractivity contribution in [2.24, 2.45) is 0 Å². The third kappa shape index (κ3) is 3.02. The quantitative estimate of drug-likeness (QED) is 0.753. The Morgan fingerprint density at radius 2 is 1.95 bits per heavy atom. The maximum absolute atomic E-state index is 13.7. The normalized spacial score (nSPS) is 10.5. The van der Waals surface area contributed by atoms with Crippen LogP contribution in [0.15, 0.2) is 36.4 Å². The molecule has 0 aliphatic rings. The highest BCUT2D eigenvalue weighted by Crippen LogP contribution is 2.22. The lowest BCUT2D eigenvalue weighted by molar-refractivity contribution is 0.0991. The van der Waals surface area contributed by atoms with E-state index in [0.717, 1.165) is 11.1 Å². The molecule has 0 saturated carbocycles. The summed E-state index contributed by atoms with van der Waals surface area (Å²) in [6, 6.07) is 10.0. The summed E-state index contributed by atoms with van der Waals surface area (Å²) in [5, 5.41) is 0.290. The molecule has 0 aliphatic carbocycles. The highest BCUT2D eigenvalue weighted by Gasteiger charge is 2.15. The van der Waals surface area contributed by atoms with Gasteiger partial charge in [0.25, 0.3) is 0 Å². The predicted molar refractivity (Wildman–Crippen MR) is 75.4 cm³/mol. The van der Waals surface area contributed by atoms with Crippen molar-refractivity contribution in [1.82, 2.24) is 0 Å². The first-order chi connectivity index (χ1) is 8.99. The van der Waals surface area contributed by atoms with E-state index in [1.807, 2.05) is 26.0 Å². The minimum absolute atomic E-state index is 0.0184. The van der Waals surface area contributed by atoms with Crippen LogP contribution in [-0.2, 0) is 6.42 Å². The van der Waals surface area contributed by atoms with Crippen molar-refractivity contribution < 1.29 is 9.18 Å². The van der Waals surface area contributed by atoms with Gasteiger partial charge in [-0.2, -0.15) is 0 Å². The maximum Gasteiger partial charge on any atom is 0.167 e. The first kappa shape index (κ1) is 13.8. The molecule has 0 bridgehead atoms. The summed E-state index contributed by atoms with van der Waals surface area (Å²) < 4.78 is 13.7. The lowest BCUT2D eigenvalue weighted by atomic mass is 9.97. The Morgan fingerprint density at radius 3 is 2.58 bits per heavy atom. The fourth-order valence-electron chi connectivity index (χ4n) is 2.08. The van der Waals surface area contributed by atoms with Crippen LogP contribution in [0.5, 0.6) is 0 Å². The molecule has 0 N–H and O–H groups in total. The van der Waals surface area contributed by atoms with Crippen molar-refractivity contribution in [3.63, 3.8) is 0 Å². The lowest BCUT2D eigenvalue weighted by Crippen LogP contribution is -2.07. The van der Waals surface area contributed by atoms with E-state index in [2.05, 4.69) is 0 Å². The molecule has 0 heterocycles. The van der Waals surface area contributed by atoms with Gasteiger partial charge in [0.2, 0.25) is 0 Å². The molecule has 0 unspecified atom stereocenters. The third-order valence-electron chi connectivity index (χ3n) is 3.08. The number of rotatable bonds is 3. The van der Waals surface area contributed by atoms with Gasteiger partial charge in [0.15, 0.2) is 5.78 Å². The molecule has 0 spiro atoms. The van der Waals surface area contributed by atoms with Gasteiger partial charge in [-0.25, -0.2) is 4.39 Å². The van der Waals surface area contributed by atoms with Gasteiger partial charge in [-0.05, 0) is 31.5 Å². The Kier molecular flexibility index (Phi) is 4.01. The largest absolute Gasteiger partial charge is 0.294 e. The minimum atomic E-state index is -0.439. The number of ketones is 1. The minimum Gasteiger partial charge on any atom is -0.294 e. The molecule has 2 rings (SSSR count). The molecular weight excluding hydrogens is 263 g/mol. The van der Waals surface area contributed by atoms with Crippen LogP contribution in [0.2, 0.25) is 5.02 Å². The molecular formula is C16H14ClFO. The van der Waals surface area contributed by atoms with Gasteiger partial charge in [-0.3, -0.25) is 4.79 Å². The summed E-state index contributed by atoms with van der Waals surface area (Å²) in [5.41, 5.74) is 2.87. The monoisotopic (exact) mass is 276 g/mol. The van der Waals surface area contributed by atoms with E-state index in [1.54, 1.807) is 12.1 Å². The van der Waals surface area contributed by atoms with Gasteiger partial charge >= 0.3 is 0 Å². The molecule has 2 aromatic carbocycles. The molecule has 0 fully saturated rings. The zero-order chi connectivity index (χ0) is 14.0. The van der Waals surface area contributed by atoms with E-state index < -0.39 is 5.82 Å². The maximum atomic E-state index is 13.7. The van der Waals surface area contributed by atoms with Gasteiger partial charge < -0.3 is 0 Å². The van der Waals surface area contributed by atoms with Crippen LogP contribution in [0.4, 0.5) is 4.39 Å². The highest BCUT2D eigenvalue weighted by atomic mass is 35.5. The molecule has 19 heavy (non-hydrogen) atoms. The van der Waals surface area contributed by atoms with Crippen LogP contribution in [0.3, 0.4) is 0 Å². The average Bonchev–Trinajstić information content (AvgIpc) is 2.33. The lowest BCUT2D eigenvalue weighted by Gasteiger charge is -2.08. The standard InChI is InChI=1S/C16H14ClFO/c1-10-6-7-12(11(2)8-10)16(19)9-13-14(17)4-3-5-15(13)18/h3-8H,9H2,1-2H3. The number of Topliss-reactive ketones (excluding diaryl/α,β-unsaturated/α-hetero) is 1. The number of hydrogen-bond donors (Lipinski definition) is 0. The molecule has 0 amide bonds. The fraction of sp³-hybridized carbons (Fsp3) is 0.188. The van der Waals surface area contributed by atoms with Crippen molar-refractivity contribution in [3.05, 3.63) is 69.5 Å². The predicted octanol–water partition coefficient (Wildman–Crippen LogP) is 4.52. The number of carbonyl (C=O) groups excluding carboxylic acids is 1. The van der Waals surface area contributed by atoms with Crippen LogP contribution in [-0.4, -0.2) is 5.78 Å². The molecule has 0 aliphatic heterocycles. The fourth-order valence-corrected chi connectivity index (χ4v) is 2.31. The van der Waals surface area contributed by atoms with Crippen molar-refractivity contribution in [1.29, 1.82) is 0 Å². The van der Waals surface area contributed by atoms with Gasteiger partial charge in [-0.15, -0.1) is 0 Å². The van der Waals surface area contributed by atoms with Crippen LogP contribution in [0.25, 0.3) is 0 Å². The second-order valence-electron chi connectivity index (χ2n) is 4.62. The Hall–Kier alpha value is -1.67. The first-order valence-electron chi connectivity index (χ1n) is 6.02. The topological polar surface area (TPSA) is 17.1 Å². The van der Waals surface area contributed by atoms with Crippen molar-refractivity contribution in [3.8, 4) is 0 Å². The number of carbonyl (C=O) groups is 1.